The highest BCUT2D eigenvalue weighted by molar-refractivity contribution is 6.27. The molecule has 8 amide bonds. The van der Waals surface area contributed by atoms with Gasteiger partial charge in [0.1, 0.15) is 12.8 Å². The van der Waals surface area contributed by atoms with E-state index in [4.69, 9.17) is 0 Å². The van der Waals surface area contributed by atoms with Gasteiger partial charge in [-0.3, -0.25) is 29.0 Å². The summed E-state index contributed by atoms with van der Waals surface area (Å²) in [6.07, 6.45) is -0.888. The molecule has 2 aliphatic rings. The third kappa shape index (κ3) is 4.66. The monoisotopic (exact) mass is 510 g/mol. The fourth-order valence-electron chi connectivity index (χ4n) is 4.44. The number of anilines is 2. The Morgan fingerprint density at radius 2 is 0.868 bits per heavy atom. The number of nitrogens with zero attached hydrogens (tertiary/aromatic N) is 4. The van der Waals surface area contributed by atoms with Crippen molar-refractivity contribution in [2.24, 2.45) is 0 Å². The van der Waals surface area contributed by atoms with Crippen molar-refractivity contribution in [1.82, 2.24) is 9.80 Å². The minimum Gasteiger partial charge on any atom is -0.274 e. The molecule has 3 aromatic rings. The molecule has 0 aliphatic carbocycles. The van der Waals surface area contributed by atoms with Gasteiger partial charge in [-0.25, -0.2) is 19.4 Å². The average Bonchev–Trinajstić information content (AvgIpc) is 2.90. The van der Waals surface area contributed by atoms with Crippen LogP contribution in [0.3, 0.4) is 0 Å². The van der Waals surface area contributed by atoms with Crippen molar-refractivity contribution in [2.45, 2.75) is 25.9 Å². The van der Waals surface area contributed by atoms with E-state index in [1.807, 2.05) is 0 Å². The summed E-state index contributed by atoms with van der Waals surface area (Å²) in [5.41, 5.74) is 1.88. The summed E-state index contributed by atoms with van der Waals surface area (Å²) in [6, 6.07) is 22.0. The highest BCUT2D eigenvalue weighted by atomic mass is 16.2. The smallest absolute Gasteiger partial charge is 0.274 e. The van der Waals surface area contributed by atoms with E-state index in [1.54, 1.807) is 84.9 Å². The largest absolute Gasteiger partial charge is 0.338 e. The van der Waals surface area contributed by atoms with Crippen molar-refractivity contribution in [3.05, 3.63) is 96.1 Å². The number of hydrogen-bond donors (Lipinski definition) is 0. The molecule has 0 spiro atoms. The predicted molar refractivity (Wildman–Crippen MR) is 135 cm³/mol. The number of hydrogen-bond acceptors (Lipinski definition) is 6. The molecule has 190 valence electrons. The van der Waals surface area contributed by atoms with Crippen LogP contribution >= 0.6 is 0 Å². The summed E-state index contributed by atoms with van der Waals surface area (Å²) in [4.78, 5) is 80.3. The van der Waals surface area contributed by atoms with Gasteiger partial charge < -0.3 is 0 Å². The SMILES string of the molecule is O=C1CC(=O)N(c2ccccc2)C(=O)N1Cc1cccc(CN2C(=O)CC(=O)N(c3ccccc3)C2=O)c1. The van der Waals surface area contributed by atoms with Gasteiger partial charge in [0.05, 0.1) is 24.5 Å². The molecule has 0 bridgehead atoms. The number of imide groups is 4. The molecule has 38 heavy (non-hydrogen) atoms. The summed E-state index contributed by atoms with van der Waals surface area (Å²) >= 11 is 0. The first-order valence-electron chi connectivity index (χ1n) is 11.9. The number of carbonyl (C=O) groups excluding carboxylic acids is 6. The normalized spacial score (nSPS) is 16.5. The highest BCUT2D eigenvalue weighted by Gasteiger charge is 2.40. The first-order valence-corrected chi connectivity index (χ1v) is 11.9. The Kier molecular flexibility index (Phi) is 6.53. The lowest BCUT2D eigenvalue weighted by Gasteiger charge is -2.33. The maximum Gasteiger partial charge on any atom is 0.338 e. The minimum atomic E-state index is -0.749. The fourth-order valence-corrected chi connectivity index (χ4v) is 4.44. The van der Waals surface area contributed by atoms with Crippen LogP contribution < -0.4 is 9.80 Å². The van der Waals surface area contributed by atoms with Crippen molar-refractivity contribution in [3.8, 4) is 0 Å². The molecule has 3 aromatic carbocycles. The maximum absolute atomic E-state index is 13.1. The molecule has 0 saturated carbocycles. The van der Waals surface area contributed by atoms with Gasteiger partial charge in [-0.1, -0.05) is 60.7 Å². The predicted octanol–water partition coefficient (Wildman–Crippen LogP) is 3.46. The summed E-state index contributed by atoms with van der Waals surface area (Å²) in [5, 5.41) is 0. The summed E-state index contributed by atoms with van der Waals surface area (Å²) in [7, 11) is 0. The van der Waals surface area contributed by atoms with E-state index in [0.717, 1.165) is 19.6 Å². The lowest BCUT2D eigenvalue weighted by atomic mass is 10.1. The van der Waals surface area contributed by atoms with Gasteiger partial charge in [0.2, 0.25) is 23.6 Å². The minimum absolute atomic E-state index is 0.0986. The third-order valence-electron chi connectivity index (χ3n) is 6.25. The highest BCUT2D eigenvalue weighted by Crippen LogP contribution is 2.25. The third-order valence-corrected chi connectivity index (χ3v) is 6.25. The topological polar surface area (TPSA) is 115 Å². The van der Waals surface area contributed by atoms with Crippen LogP contribution in [0, 0.1) is 0 Å². The molecule has 5 rings (SSSR count). The molecule has 2 aliphatic heterocycles. The molecule has 2 fully saturated rings. The van der Waals surface area contributed by atoms with Gasteiger partial charge in [0, 0.05) is 0 Å². The number of barbiturate groups is 2. The number of rotatable bonds is 6. The van der Waals surface area contributed by atoms with Crippen molar-refractivity contribution in [1.29, 1.82) is 0 Å². The zero-order valence-electron chi connectivity index (χ0n) is 20.1. The molecule has 10 nitrogen and oxygen atoms in total. The molecule has 0 N–H and O–H groups in total. The van der Waals surface area contributed by atoms with E-state index in [1.165, 1.54) is 0 Å². The molecule has 0 aromatic heterocycles. The van der Waals surface area contributed by atoms with Crippen molar-refractivity contribution >= 4 is 47.1 Å². The van der Waals surface area contributed by atoms with E-state index in [-0.39, 0.29) is 13.1 Å². The Labute approximate surface area is 217 Å². The van der Waals surface area contributed by atoms with Gasteiger partial charge in [0.25, 0.3) is 0 Å². The molecule has 2 saturated heterocycles. The zero-order chi connectivity index (χ0) is 26.8. The number of benzene rings is 3. The van der Waals surface area contributed by atoms with E-state index in [9.17, 15) is 28.8 Å². The summed E-state index contributed by atoms with van der Waals surface area (Å²) in [6.45, 7) is -0.197. The first kappa shape index (κ1) is 24.6. The van der Waals surface area contributed by atoms with Gasteiger partial charge in [-0.15, -0.1) is 0 Å². The van der Waals surface area contributed by atoms with Crippen LogP contribution in [-0.2, 0) is 32.3 Å². The second-order valence-electron chi connectivity index (χ2n) is 8.83. The standard InChI is InChI=1S/C28H22N4O6/c33-23-15-25(35)31(21-10-3-1-4-11-21)27(37)29(23)17-19-8-7-9-20(14-19)18-30-24(34)16-26(36)32(28(30)38)22-12-5-2-6-13-22/h1-14H,15-18H2. The van der Waals surface area contributed by atoms with Crippen LogP contribution in [0.4, 0.5) is 21.0 Å². The molecule has 0 radical (unpaired) electrons. The fraction of sp³-hybridized carbons (Fsp3) is 0.143. The average molecular weight is 511 g/mol. The van der Waals surface area contributed by atoms with Crippen molar-refractivity contribution in [2.75, 3.05) is 9.80 Å². The Balaban J connectivity index is 1.35. The number of carbonyl (C=O) groups is 6. The first-order chi connectivity index (χ1) is 18.3. The van der Waals surface area contributed by atoms with E-state index in [0.29, 0.717) is 22.5 Å². The van der Waals surface area contributed by atoms with Crippen molar-refractivity contribution in [3.63, 3.8) is 0 Å². The number of amides is 8. The van der Waals surface area contributed by atoms with Crippen molar-refractivity contribution < 1.29 is 28.8 Å². The molecular weight excluding hydrogens is 488 g/mol. The second-order valence-corrected chi connectivity index (χ2v) is 8.83. The Morgan fingerprint density at radius 1 is 0.474 bits per heavy atom. The Bertz CT molecular complexity index is 1350. The Morgan fingerprint density at radius 3 is 1.26 bits per heavy atom. The quantitative estimate of drug-likeness (QED) is 0.469. The molecular formula is C28H22N4O6. The van der Waals surface area contributed by atoms with Crippen LogP contribution in [0.25, 0.3) is 0 Å². The van der Waals surface area contributed by atoms with Crippen LogP contribution in [0.1, 0.15) is 24.0 Å². The summed E-state index contributed by atoms with van der Waals surface area (Å²) < 4.78 is 0. The van der Waals surface area contributed by atoms with Gasteiger partial charge >= 0.3 is 12.1 Å². The van der Waals surface area contributed by atoms with Crippen LogP contribution in [-0.4, -0.2) is 45.5 Å². The van der Waals surface area contributed by atoms with Gasteiger partial charge in [0.15, 0.2) is 0 Å². The molecule has 0 unspecified atom stereocenters. The van der Waals surface area contributed by atoms with Gasteiger partial charge in [-0.2, -0.15) is 0 Å². The second kappa shape index (κ2) is 10.1. The zero-order valence-corrected chi connectivity index (χ0v) is 20.1. The van der Waals surface area contributed by atoms with Crippen LogP contribution in [0.5, 0.6) is 0 Å². The van der Waals surface area contributed by atoms with Crippen LogP contribution in [0.2, 0.25) is 0 Å². The molecule has 0 atom stereocenters. The Hall–Kier alpha value is -5.12. The molecule has 2 heterocycles. The molecule has 10 heteroatoms. The van der Waals surface area contributed by atoms with E-state index >= 15 is 0 Å². The maximum atomic E-state index is 13.1. The number of urea groups is 2. The summed E-state index contributed by atoms with van der Waals surface area (Å²) in [5.74, 6) is -2.43. The van der Waals surface area contributed by atoms with Crippen LogP contribution in [0.15, 0.2) is 84.9 Å². The number of para-hydroxylation sites is 2. The van der Waals surface area contributed by atoms with E-state index < -0.39 is 48.5 Å². The lowest BCUT2D eigenvalue weighted by molar-refractivity contribution is -0.136. The lowest BCUT2D eigenvalue weighted by Crippen LogP contribution is -2.55. The van der Waals surface area contributed by atoms with E-state index in [2.05, 4.69) is 0 Å². The van der Waals surface area contributed by atoms with Gasteiger partial charge in [-0.05, 0) is 35.4 Å².